The number of nitrogens with two attached hydrogens (primary N) is 1. The largest absolute Gasteiger partial charge is 0.437 e. The number of nitrogens with zero attached hydrogens (tertiary/aromatic N) is 3. The fraction of sp³-hybridized carbons (Fsp3) is 0.700. The number of urea groups is 1. The summed E-state index contributed by atoms with van der Waals surface area (Å²) in [7, 11) is -5.68. The average molecular weight is 379 g/mol. The van der Waals surface area contributed by atoms with Crippen molar-refractivity contribution < 1.29 is 36.7 Å². The minimum Gasteiger partial charge on any atom is -0.437 e. The van der Waals surface area contributed by atoms with E-state index >= 15 is 0 Å². The lowest BCUT2D eigenvalue weighted by molar-refractivity contribution is -0.122. The van der Waals surface area contributed by atoms with E-state index in [9.17, 15) is 18.0 Å². The zero-order chi connectivity index (χ0) is 18.8. The fourth-order valence-electron chi connectivity index (χ4n) is 2.52. The van der Waals surface area contributed by atoms with Gasteiger partial charge < -0.3 is 25.7 Å². The number of hydrogen-bond acceptors (Lipinski definition) is 9. The molecule has 0 aromatic rings. The molecule has 2 bridgehead atoms. The number of oxime groups is 1. The lowest BCUT2D eigenvalue weighted by Crippen LogP contribution is -2.51. The molecule has 0 aromatic heterocycles. The van der Waals surface area contributed by atoms with Gasteiger partial charge in [-0.05, 0) is 6.82 Å². The van der Waals surface area contributed by atoms with E-state index in [1.54, 1.807) is 0 Å². The summed E-state index contributed by atoms with van der Waals surface area (Å²) >= 11 is 0. The molecule has 140 valence electrons. The van der Waals surface area contributed by atoms with Gasteiger partial charge in [-0.25, -0.2) is 4.79 Å². The van der Waals surface area contributed by atoms with Gasteiger partial charge in [-0.3, -0.25) is 9.35 Å². The lowest BCUT2D eigenvalue weighted by Gasteiger charge is -2.28. The normalized spacial score (nSPS) is 24.8. The van der Waals surface area contributed by atoms with Gasteiger partial charge in [-0.1, -0.05) is 5.16 Å². The van der Waals surface area contributed by atoms with E-state index < -0.39 is 41.5 Å². The summed E-state index contributed by atoms with van der Waals surface area (Å²) in [6, 6.07) is -2.95. The molecule has 25 heavy (non-hydrogen) atoms. The van der Waals surface area contributed by atoms with E-state index in [0.717, 1.165) is 4.90 Å². The van der Waals surface area contributed by atoms with E-state index in [-0.39, 0.29) is 31.8 Å². The highest BCUT2D eigenvalue weighted by atomic mass is 32.3. The Morgan fingerprint density at radius 1 is 1.56 bits per heavy atom. The molecule has 15 heteroatoms. The minimum atomic E-state index is -4.95. The van der Waals surface area contributed by atoms with Crippen molar-refractivity contribution in [2.45, 2.75) is 25.3 Å². The molecule has 0 aromatic carbocycles. The van der Waals surface area contributed by atoms with Crippen molar-refractivity contribution >= 4 is 35.1 Å². The molecule has 2 saturated heterocycles. The summed E-state index contributed by atoms with van der Waals surface area (Å²) in [5, 5.41) is 15.9. The van der Waals surface area contributed by atoms with Crippen LogP contribution in [0.1, 0.15) is 6.42 Å². The second-order valence-electron chi connectivity index (χ2n) is 5.45. The van der Waals surface area contributed by atoms with Crippen molar-refractivity contribution in [2.75, 3.05) is 19.7 Å². The Morgan fingerprint density at radius 3 is 2.80 bits per heavy atom. The highest BCUT2D eigenvalue weighted by Crippen LogP contribution is 2.29. The lowest BCUT2D eigenvalue weighted by atomic mass is 9.89. The zero-order valence-electron chi connectivity index (χ0n) is 13.2. The molecule has 2 aliphatic rings. The highest BCUT2D eigenvalue weighted by Gasteiger charge is 2.52. The van der Waals surface area contributed by atoms with Gasteiger partial charge in [0.15, 0.2) is 0 Å². The Kier molecular flexibility index (Phi) is 5.84. The molecule has 0 aliphatic carbocycles. The Bertz CT molecular complexity index is 670. The molecule has 0 spiro atoms. The van der Waals surface area contributed by atoms with Crippen LogP contribution >= 0.6 is 0 Å². The predicted molar refractivity (Wildman–Crippen MR) is 83.2 cm³/mol. The van der Waals surface area contributed by atoms with Crippen LogP contribution in [0.4, 0.5) is 4.79 Å². The Hall–Kier alpha value is -1.94. The molecule has 2 fully saturated rings. The number of piperidine rings is 1. The smallest absolute Gasteiger partial charge is 0.418 e. The molecule has 2 rings (SSSR count). The van der Waals surface area contributed by atoms with Gasteiger partial charge in [0.05, 0.1) is 12.3 Å². The van der Waals surface area contributed by atoms with Crippen molar-refractivity contribution in [1.82, 2.24) is 15.2 Å². The maximum atomic E-state index is 12.2. The number of primary amides is 1. The minimum absolute atomic E-state index is 0.0685. The van der Waals surface area contributed by atoms with Crippen LogP contribution < -0.4 is 11.0 Å². The van der Waals surface area contributed by atoms with Gasteiger partial charge in [0, 0.05) is 13.0 Å². The molecule has 2 aliphatic heterocycles. The van der Waals surface area contributed by atoms with Crippen LogP contribution in [0.3, 0.4) is 0 Å². The first-order valence-electron chi connectivity index (χ1n) is 7.26. The van der Waals surface area contributed by atoms with E-state index in [0.29, 0.717) is 5.06 Å². The zero-order valence-corrected chi connectivity index (χ0v) is 14.0. The molecule has 2 heterocycles. The Labute approximate surface area is 143 Å². The topological polar surface area (TPSA) is 184 Å². The molecular weight excluding hydrogens is 361 g/mol. The van der Waals surface area contributed by atoms with Crippen molar-refractivity contribution in [3.8, 4) is 0 Å². The van der Waals surface area contributed by atoms with Crippen LogP contribution in [0.15, 0.2) is 5.16 Å². The number of fused-ring (bicyclic) bond motifs is 2. The van der Waals surface area contributed by atoms with Crippen molar-refractivity contribution in [2.24, 2.45) is 10.9 Å². The summed E-state index contributed by atoms with van der Waals surface area (Å²) in [4.78, 5) is 29.8. The van der Waals surface area contributed by atoms with Crippen molar-refractivity contribution in [1.29, 1.82) is 0 Å². The highest BCUT2D eigenvalue weighted by molar-refractivity contribution is 7.80. The summed E-state index contributed by atoms with van der Waals surface area (Å²) in [6.45, 7) is 1.76. The van der Waals surface area contributed by atoms with Crippen LogP contribution in [-0.4, -0.2) is 84.4 Å². The molecule has 0 radical (unpaired) electrons. The number of nitrogens with one attached hydrogen (secondary N) is 1. The van der Waals surface area contributed by atoms with Crippen LogP contribution in [-0.2, 0) is 24.3 Å². The SMILES string of the molecule is CB(O)NCCON=C1C[C@@H](C(N)=O)N2C[C@@H]1N(OS(=O)(=O)O)C2=O. The van der Waals surface area contributed by atoms with Crippen LogP contribution in [0, 0.1) is 0 Å². The van der Waals surface area contributed by atoms with Crippen LogP contribution in [0.5, 0.6) is 0 Å². The Balaban J connectivity index is 2.14. The van der Waals surface area contributed by atoms with Crippen molar-refractivity contribution in [3.05, 3.63) is 0 Å². The van der Waals surface area contributed by atoms with Gasteiger partial charge in [0.2, 0.25) is 5.91 Å². The summed E-state index contributed by atoms with van der Waals surface area (Å²) in [5.74, 6) is -0.802. The molecule has 0 saturated carbocycles. The third-order valence-electron chi connectivity index (χ3n) is 3.57. The Morgan fingerprint density at radius 2 is 2.24 bits per heavy atom. The predicted octanol–water partition coefficient (Wildman–Crippen LogP) is -2.84. The fourth-order valence-corrected chi connectivity index (χ4v) is 2.89. The maximum absolute atomic E-state index is 12.2. The van der Waals surface area contributed by atoms with E-state index in [1.807, 2.05) is 0 Å². The molecule has 3 amide bonds. The van der Waals surface area contributed by atoms with Gasteiger partial charge in [-0.15, -0.1) is 4.28 Å². The van der Waals surface area contributed by atoms with Crippen LogP contribution in [0.2, 0.25) is 6.82 Å². The maximum Gasteiger partial charge on any atom is 0.418 e. The van der Waals surface area contributed by atoms with Crippen LogP contribution in [0.25, 0.3) is 0 Å². The quantitative estimate of drug-likeness (QED) is 0.149. The number of hydroxylamine groups is 2. The van der Waals surface area contributed by atoms with Gasteiger partial charge >= 0.3 is 23.5 Å². The van der Waals surface area contributed by atoms with Crippen molar-refractivity contribution in [3.63, 3.8) is 0 Å². The summed E-state index contributed by atoms with van der Waals surface area (Å²) in [5.41, 5.74) is 5.42. The monoisotopic (exact) mass is 379 g/mol. The van der Waals surface area contributed by atoms with E-state index in [1.165, 1.54) is 6.82 Å². The first-order valence-corrected chi connectivity index (χ1v) is 8.63. The molecule has 2 atom stereocenters. The standard InChI is InChI=1S/C10H18BN5O8S/c1-11(19)13-2-3-23-14-6-4-7(9(12)17)15-5-8(6)16(10(15)18)24-25(20,21)22/h7-8,13,19H,2-5H2,1H3,(H2,12,17)(H,20,21,22)/t7-,8-/m0/s1. The second-order valence-corrected chi connectivity index (χ2v) is 6.45. The third-order valence-corrected chi connectivity index (χ3v) is 3.92. The van der Waals surface area contributed by atoms with Gasteiger partial charge in [0.25, 0.3) is 0 Å². The summed E-state index contributed by atoms with van der Waals surface area (Å²) in [6.07, 6.45) is -0.0685. The number of carbonyl (C=O) groups excluding carboxylic acids is 2. The van der Waals surface area contributed by atoms with E-state index in [4.69, 9.17) is 20.1 Å². The number of amides is 3. The van der Waals surface area contributed by atoms with Gasteiger partial charge in [-0.2, -0.15) is 13.5 Å². The van der Waals surface area contributed by atoms with Gasteiger partial charge in [0.1, 0.15) is 18.7 Å². The first-order chi connectivity index (χ1) is 11.6. The van der Waals surface area contributed by atoms with E-state index in [2.05, 4.69) is 14.7 Å². The molecule has 13 nitrogen and oxygen atoms in total. The molecular formula is C10H18BN5O8S. The third kappa shape index (κ3) is 4.79. The molecule has 5 N–H and O–H groups in total. The molecule has 0 unspecified atom stereocenters. The first kappa shape index (κ1) is 19.4. The number of rotatable bonds is 8. The number of carbonyl (C=O) groups is 2. The average Bonchev–Trinajstić information content (AvgIpc) is 2.73. The summed E-state index contributed by atoms with van der Waals surface area (Å²) < 4.78 is 35.0. The second kappa shape index (κ2) is 7.53. The number of hydrogen-bond donors (Lipinski definition) is 4.